The maximum Gasteiger partial charge on any atom is 0.223 e. The molecule has 0 aromatic heterocycles. The van der Waals surface area contributed by atoms with Gasteiger partial charge in [-0.1, -0.05) is 18.2 Å². The Bertz CT molecular complexity index is 442. The van der Waals surface area contributed by atoms with Crippen LogP contribution in [0.4, 0.5) is 5.69 Å². The van der Waals surface area contributed by atoms with Gasteiger partial charge in [-0.3, -0.25) is 9.59 Å². The molecule has 84 valence electrons. The second kappa shape index (κ2) is 3.96. The molecule has 0 spiro atoms. The summed E-state index contributed by atoms with van der Waals surface area (Å²) >= 11 is 0. The standard InChI is InChI=1S/C12H14N2O2/c1-8(15)14-7-10(12(13)16)6-9-4-2-3-5-11(9)14/h2-5,10H,6-7H2,1H3,(H2,13,16). The molecule has 2 N–H and O–H groups in total. The summed E-state index contributed by atoms with van der Waals surface area (Å²) in [6, 6.07) is 7.62. The number of rotatable bonds is 1. The highest BCUT2D eigenvalue weighted by molar-refractivity contribution is 5.94. The molecule has 1 unspecified atom stereocenters. The third-order valence-corrected chi connectivity index (χ3v) is 2.93. The van der Waals surface area contributed by atoms with Crippen LogP contribution in [0.5, 0.6) is 0 Å². The Labute approximate surface area is 94.0 Å². The summed E-state index contributed by atoms with van der Waals surface area (Å²) in [5.41, 5.74) is 7.21. The van der Waals surface area contributed by atoms with Crippen molar-refractivity contribution in [3.05, 3.63) is 29.8 Å². The minimum absolute atomic E-state index is 0.0570. The highest BCUT2D eigenvalue weighted by Gasteiger charge is 2.29. The number of amides is 2. The number of fused-ring (bicyclic) bond motifs is 1. The van der Waals surface area contributed by atoms with Gasteiger partial charge in [0.2, 0.25) is 11.8 Å². The molecule has 0 saturated carbocycles. The lowest BCUT2D eigenvalue weighted by atomic mass is 9.92. The van der Waals surface area contributed by atoms with Crippen LogP contribution in [0, 0.1) is 5.92 Å². The fraction of sp³-hybridized carbons (Fsp3) is 0.333. The summed E-state index contributed by atoms with van der Waals surface area (Å²) in [6.45, 7) is 1.89. The molecule has 0 fully saturated rings. The molecule has 2 rings (SSSR count). The molecule has 2 amide bonds. The normalized spacial score (nSPS) is 19.1. The Morgan fingerprint density at radius 3 is 2.69 bits per heavy atom. The number of nitrogens with zero attached hydrogens (tertiary/aromatic N) is 1. The molecular formula is C12H14N2O2. The number of carbonyl (C=O) groups excluding carboxylic acids is 2. The molecule has 4 nitrogen and oxygen atoms in total. The monoisotopic (exact) mass is 218 g/mol. The van der Waals surface area contributed by atoms with Gasteiger partial charge in [0.1, 0.15) is 0 Å². The molecule has 1 aliphatic heterocycles. The van der Waals surface area contributed by atoms with Crippen LogP contribution in [0.15, 0.2) is 24.3 Å². The van der Waals surface area contributed by atoms with Crippen molar-refractivity contribution in [1.29, 1.82) is 0 Å². The van der Waals surface area contributed by atoms with Gasteiger partial charge >= 0.3 is 0 Å². The maximum atomic E-state index is 11.5. The van der Waals surface area contributed by atoms with Crippen LogP contribution in [-0.2, 0) is 16.0 Å². The van der Waals surface area contributed by atoms with Crippen LogP contribution in [0.2, 0.25) is 0 Å². The summed E-state index contributed by atoms with van der Waals surface area (Å²) in [5.74, 6) is -0.682. The first-order valence-corrected chi connectivity index (χ1v) is 5.25. The summed E-state index contributed by atoms with van der Waals surface area (Å²) in [4.78, 5) is 24.3. The van der Waals surface area contributed by atoms with Gasteiger partial charge in [-0.2, -0.15) is 0 Å². The first kappa shape index (κ1) is 10.7. The topological polar surface area (TPSA) is 63.4 Å². The van der Waals surface area contributed by atoms with Crippen molar-refractivity contribution in [3.8, 4) is 0 Å². The molecule has 4 heteroatoms. The average molecular weight is 218 g/mol. The largest absolute Gasteiger partial charge is 0.369 e. The van der Waals surface area contributed by atoms with Crippen molar-refractivity contribution in [2.45, 2.75) is 13.3 Å². The van der Waals surface area contributed by atoms with Gasteiger partial charge in [0.05, 0.1) is 5.92 Å². The SMILES string of the molecule is CC(=O)N1CC(C(N)=O)Cc2ccccc21. The van der Waals surface area contributed by atoms with Gasteiger partial charge in [-0.15, -0.1) is 0 Å². The minimum Gasteiger partial charge on any atom is -0.369 e. The smallest absolute Gasteiger partial charge is 0.223 e. The lowest BCUT2D eigenvalue weighted by molar-refractivity contribution is -0.122. The van der Waals surface area contributed by atoms with Crippen molar-refractivity contribution < 1.29 is 9.59 Å². The first-order chi connectivity index (χ1) is 7.59. The molecule has 0 aliphatic carbocycles. The van der Waals surface area contributed by atoms with Crippen LogP contribution in [-0.4, -0.2) is 18.4 Å². The van der Waals surface area contributed by atoms with Gasteiger partial charge in [-0.25, -0.2) is 0 Å². The van der Waals surface area contributed by atoms with E-state index in [-0.39, 0.29) is 17.7 Å². The molecule has 0 radical (unpaired) electrons. The van der Waals surface area contributed by atoms with E-state index in [1.807, 2.05) is 24.3 Å². The van der Waals surface area contributed by atoms with Crippen molar-refractivity contribution >= 4 is 17.5 Å². The summed E-state index contributed by atoms with van der Waals surface area (Å²) in [6.07, 6.45) is 0.620. The first-order valence-electron chi connectivity index (χ1n) is 5.25. The zero-order valence-electron chi connectivity index (χ0n) is 9.14. The Balaban J connectivity index is 2.41. The molecule has 16 heavy (non-hydrogen) atoms. The van der Waals surface area contributed by atoms with Crippen LogP contribution < -0.4 is 10.6 Å². The predicted octanol–water partition coefficient (Wildman–Crippen LogP) is 0.697. The molecule has 1 atom stereocenters. The van der Waals surface area contributed by atoms with E-state index in [0.717, 1.165) is 11.3 Å². The van der Waals surface area contributed by atoms with Gasteiger partial charge in [0.25, 0.3) is 0 Å². The number of benzene rings is 1. The second-order valence-electron chi connectivity index (χ2n) is 4.06. The molecular weight excluding hydrogens is 204 g/mol. The van der Waals surface area contributed by atoms with E-state index in [4.69, 9.17) is 5.73 Å². The molecule has 1 aromatic rings. The van der Waals surface area contributed by atoms with E-state index >= 15 is 0 Å². The van der Waals surface area contributed by atoms with Crippen LogP contribution in [0.3, 0.4) is 0 Å². The quantitative estimate of drug-likeness (QED) is 0.754. The lowest BCUT2D eigenvalue weighted by Crippen LogP contribution is -2.43. The fourth-order valence-corrected chi connectivity index (χ4v) is 2.08. The number of hydrogen-bond acceptors (Lipinski definition) is 2. The number of carbonyl (C=O) groups is 2. The third-order valence-electron chi connectivity index (χ3n) is 2.93. The minimum atomic E-state index is -0.347. The zero-order valence-corrected chi connectivity index (χ0v) is 9.14. The number of hydrogen-bond donors (Lipinski definition) is 1. The van der Waals surface area contributed by atoms with Crippen molar-refractivity contribution in [2.24, 2.45) is 11.7 Å². The summed E-state index contributed by atoms with van der Waals surface area (Å²) in [7, 11) is 0. The van der Waals surface area contributed by atoms with E-state index < -0.39 is 0 Å². The van der Waals surface area contributed by atoms with Crippen molar-refractivity contribution in [3.63, 3.8) is 0 Å². The van der Waals surface area contributed by atoms with Crippen LogP contribution in [0.1, 0.15) is 12.5 Å². The Kier molecular flexibility index (Phi) is 2.64. The van der Waals surface area contributed by atoms with Crippen LogP contribution >= 0.6 is 0 Å². The zero-order chi connectivity index (χ0) is 11.7. The molecule has 1 heterocycles. The summed E-state index contributed by atoms with van der Waals surface area (Å²) in [5, 5.41) is 0. The Morgan fingerprint density at radius 1 is 1.38 bits per heavy atom. The number of primary amides is 1. The highest BCUT2D eigenvalue weighted by atomic mass is 16.2. The van der Waals surface area contributed by atoms with E-state index in [1.54, 1.807) is 4.90 Å². The van der Waals surface area contributed by atoms with E-state index in [9.17, 15) is 9.59 Å². The van der Waals surface area contributed by atoms with Gasteiger partial charge < -0.3 is 10.6 Å². The average Bonchev–Trinajstić information content (AvgIpc) is 2.27. The summed E-state index contributed by atoms with van der Waals surface area (Å²) < 4.78 is 0. The Hall–Kier alpha value is -1.84. The van der Waals surface area contributed by atoms with E-state index in [2.05, 4.69) is 0 Å². The van der Waals surface area contributed by atoms with E-state index in [0.29, 0.717) is 13.0 Å². The predicted molar refractivity (Wildman–Crippen MR) is 60.9 cm³/mol. The highest BCUT2D eigenvalue weighted by Crippen LogP contribution is 2.29. The number of anilines is 1. The third kappa shape index (κ3) is 1.78. The Morgan fingerprint density at radius 2 is 2.06 bits per heavy atom. The maximum absolute atomic E-state index is 11.5. The molecule has 1 aliphatic rings. The fourth-order valence-electron chi connectivity index (χ4n) is 2.08. The van der Waals surface area contributed by atoms with Crippen molar-refractivity contribution in [2.75, 3.05) is 11.4 Å². The van der Waals surface area contributed by atoms with E-state index in [1.165, 1.54) is 6.92 Å². The van der Waals surface area contributed by atoms with Crippen molar-refractivity contribution in [1.82, 2.24) is 0 Å². The molecule has 0 saturated heterocycles. The number of para-hydroxylation sites is 1. The molecule has 0 bridgehead atoms. The van der Waals surface area contributed by atoms with Gasteiger partial charge in [0, 0.05) is 19.2 Å². The molecule has 1 aromatic carbocycles. The van der Waals surface area contributed by atoms with Gasteiger partial charge in [-0.05, 0) is 18.1 Å². The second-order valence-corrected chi connectivity index (χ2v) is 4.06. The number of nitrogens with two attached hydrogens (primary N) is 1. The lowest BCUT2D eigenvalue weighted by Gasteiger charge is -2.32. The van der Waals surface area contributed by atoms with Crippen LogP contribution in [0.25, 0.3) is 0 Å². The van der Waals surface area contributed by atoms with Gasteiger partial charge in [0.15, 0.2) is 0 Å².